The van der Waals surface area contributed by atoms with Crippen LogP contribution in [0.1, 0.15) is 78.6 Å². The van der Waals surface area contributed by atoms with Gasteiger partial charge in [0.25, 0.3) is 0 Å². The minimum atomic E-state index is -0.156. The Balaban J connectivity index is 0. The van der Waals surface area contributed by atoms with Gasteiger partial charge in [-0.1, -0.05) is 40.0 Å². The van der Waals surface area contributed by atoms with Crippen LogP contribution in [0, 0.1) is 0 Å². The molecule has 0 amide bonds. The molecule has 0 aliphatic heterocycles. The summed E-state index contributed by atoms with van der Waals surface area (Å²) in [5.41, 5.74) is 0. The topological polar surface area (TPSA) is 60.7 Å². The van der Waals surface area contributed by atoms with Gasteiger partial charge in [-0.2, -0.15) is 0 Å². The van der Waals surface area contributed by atoms with E-state index in [-0.39, 0.29) is 18.8 Å². The predicted molar refractivity (Wildman–Crippen MR) is 77.7 cm³/mol. The van der Waals surface area contributed by atoms with Crippen molar-refractivity contribution in [2.24, 2.45) is 0 Å². The summed E-state index contributed by atoms with van der Waals surface area (Å²) in [5.74, 6) is 0. The SMILES string of the molecule is CCC(O)CCCCO.CCCCCC(O)CC. The Hall–Kier alpha value is -0.120. The van der Waals surface area contributed by atoms with Crippen molar-refractivity contribution in [1.29, 1.82) is 0 Å². The van der Waals surface area contributed by atoms with E-state index in [1.807, 2.05) is 13.8 Å². The first-order valence-corrected chi connectivity index (χ1v) is 7.59. The molecule has 0 rings (SSSR count). The van der Waals surface area contributed by atoms with Crippen molar-refractivity contribution in [2.75, 3.05) is 6.61 Å². The molecule has 0 aliphatic carbocycles. The summed E-state index contributed by atoms with van der Waals surface area (Å²) in [6, 6.07) is 0. The maximum absolute atomic E-state index is 9.08. The number of unbranched alkanes of at least 4 members (excludes halogenated alkanes) is 3. The van der Waals surface area contributed by atoms with Crippen molar-refractivity contribution in [2.45, 2.75) is 90.8 Å². The van der Waals surface area contributed by atoms with Crippen molar-refractivity contribution in [1.82, 2.24) is 0 Å². The maximum Gasteiger partial charge on any atom is 0.0537 e. The van der Waals surface area contributed by atoms with E-state index in [1.165, 1.54) is 19.3 Å². The molecule has 0 fully saturated rings. The number of aliphatic hydroxyl groups excluding tert-OH is 3. The summed E-state index contributed by atoms with van der Waals surface area (Å²) in [5, 5.41) is 26.5. The molecule has 0 saturated heterocycles. The lowest BCUT2D eigenvalue weighted by atomic mass is 10.1. The van der Waals surface area contributed by atoms with Crippen LogP contribution in [-0.4, -0.2) is 34.1 Å². The van der Waals surface area contributed by atoms with Crippen LogP contribution in [0.5, 0.6) is 0 Å². The number of hydrogen-bond acceptors (Lipinski definition) is 3. The van der Waals surface area contributed by atoms with Crippen LogP contribution >= 0.6 is 0 Å². The molecule has 0 aromatic rings. The normalized spacial score (nSPS) is 13.7. The highest BCUT2D eigenvalue weighted by Crippen LogP contribution is 2.04. The van der Waals surface area contributed by atoms with Gasteiger partial charge in [0.1, 0.15) is 0 Å². The van der Waals surface area contributed by atoms with Gasteiger partial charge >= 0.3 is 0 Å². The Bertz CT molecular complexity index is 124. The van der Waals surface area contributed by atoms with E-state index in [4.69, 9.17) is 15.3 Å². The van der Waals surface area contributed by atoms with E-state index in [1.54, 1.807) is 0 Å². The van der Waals surface area contributed by atoms with Crippen molar-refractivity contribution in [3.8, 4) is 0 Å². The molecule has 0 aliphatic rings. The second kappa shape index (κ2) is 16.9. The molecule has 2 unspecified atom stereocenters. The van der Waals surface area contributed by atoms with Crippen molar-refractivity contribution < 1.29 is 15.3 Å². The number of rotatable bonds is 10. The van der Waals surface area contributed by atoms with Gasteiger partial charge in [-0.25, -0.2) is 0 Å². The summed E-state index contributed by atoms with van der Waals surface area (Å²) in [6.45, 7) is 6.41. The first kappa shape index (κ1) is 20.2. The van der Waals surface area contributed by atoms with Crippen LogP contribution in [0.15, 0.2) is 0 Å². The molecule has 0 heterocycles. The maximum atomic E-state index is 9.08. The Morgan fingerprint density at radius 2 is 1.17 bits per heavy atom. The van der Waals surface area contributed by atoms with Crippen LogP contribution in [0.3, 0.4) is 0 Å². The van der Waals surface area contributed by atoms with Gasteiger partial charge in [0.15, 0.2) is 0 Å². The molecule has 0 aromatic carbocycles. The van der Waals surface area contributed by atoms with Gasteiger partial charge in [-0.05, 0) is 38.5 Å². The first-order valence-electron chi connectivity index (χ1n) is 7.59. The van der Waals surface area contributed by atoms with Crippen LogP contribution < -0.4 is 0 Å². The number of aliphatic hydroxyl groups is 3. The van der Waals surface area contributed by atoms with Crippen LogP contribution in [0.25, 0.3) is 0 Å². The average Bonchev–Trinajstić information content (AvgIpc) is 2.39. The van der Waals surface area contributed by atoms with Crippen LogP contribution in [0.4, 0.5) is 0 Å². The monoisotopic (exact) mass is 262 g/mol. The molecule has 3 N–H and O–H groups in total. The third kappa shape index (κ3) is 18.3. The molecule has 2 atom stereocenters. The van der Waals surface area contributed by atoms with Gasteiger partial charge in [-0.15, -0.1) is 0 Å². The van der Waals surface area contributed by atoms with Crippen molar-refractivity contribution in [3.63, 3.8) is 0 Å². The molecule has 112 valence electrons. The molecular weight excluding hydrogens is 228 g/mol. The van der Waals surface area contributed by atoms with E-state index in [0.717, 1.165) is 38.5 Å². The Morgan fingerprint density at radius 3 is 1.50 bits per heavy atom. The summed E-state index contributed by atoms with van der Waals surface area (Å²) >= 11 is 0. The Morgan fingerprint density at radius 1 is 0.722 bits per heavy atom. The second-order valence-electron chi connectivity index (χ2n) is 4.84. The summed E-state index contributed by atoms with van der Waals surface area (Å²) in [6.07, 6.45) is 8.80. The van der Waals surface area contributed by atoms with Gasteiger partial charge in [-0.3, -0.25) is 0 Å². The summed E-state index contributed by atoms with van der Waals surface area (Å²) in [7, 11) is 0. The highest BCUT2D eigenvalue weighted by Gasteiger charge is 1.98. The zero-order chi connectivity index (χ0) is 14.2. The lowest BCUT2D eigenvalue weighted by molar-refractivity contribution is 0.153. The van der Waals surface area contributed by atoms with Crippen LogP contribution in [-0.2, 0) is 0 Å². The van der Waals surface area contributed by atoms with Gasteiger partial charge in [0, 0.05) is 6.61 Å². The fourth-order valence-corrected chi connectivity index (χ4v) is 1.53. The fraction of sp³-hybridized carbons (Fsp3) is 1.00. The molecule has 0 saturated carbocycles. The van der Waals surface area contributed by atoms with E-state index >= 15 is 0 Å². The van der Waals surface area contributed by atoms with E-state index in [9.17, 15) is 0 Å². The van der Waals surface area contributed by atoms with E-state index < -0.39 is 0 Å². The Labute approximate surface area is 113 Å². The van der Waals surface area contributed by atoms with Gasteiger partial charge in [0.2, 0.25) is 0 Å². The van der Waals surface area contributed by atoms with Gasteiger partial charge in [0.05, 0.1) is 12.2 Å². The molecule has 0 aromatic heterocycles. The minimum absolute atomic E-state index is 0.0449. The lowest BCUT2D eigenvalue weighted by Crippen LogP contribution is -2.03. The molecular formula is C15H34O3. The molecule has 0 bridgehead atoms. The third-order valence-electron chi connectivity index (χ3n) is 3.03. The summed E-state index contributed by atoms with van der Waals surface area (Å²) in [4.78, 5) is 0. The zero-order valence-corrected chi connectivity index (χ0v) is 12.6. The standard InChI is InChI=1S/C8H18O.C7H16O2/c1-3-5-6-7-8(9)4-2;1-2-7(9)5-3-4-6-8/h8-9H,3-7H2,1-2H3;7-9H,2-6H2,1H3. The lowest BCUT2D eigenvalue weighted by Gasteiger charge is -2.04. The third-order valence-corrected chi connectivity index (χ3v) is 3.03. The first-order chi connectivity index (χ1) is 8.62. The minimum Gasteiger partial charge on any atom is -0.396 e. The van der Waals surface area contributed by atoms with Crippen molar-refractivity contribution in [3.05, 3.63) is 0 Å². The second-order valence-corrected chi connectivity index (χ2v) is 4.84. The highest BCUT2D eigenvalue weighted by atomic mass is 16.3. The molecule has 0 radical (unpaired) electrons. The largest absolute Gasteiger partial charge is 0.396 e. The fourth-order valence-electron chi connectivity index (χ4n) is 1.53. The highest BCUT2D eigenvalue weighted by molar-refractivity contribution is 4.51. The smallest absolute Gasteiger partial charge is 0.0537 e. The molecule has 3 heteroatoms. The zero-order valence-electron chi connectivity index (χ0n) is 12.6. The molecule has 3 nitrogen and oxygen atoms in total. The number of hydrogen-bond donors (Lipinski definition) is 3. The molecule has 0 spiro atoms. The Kier molecular flexibility index (Phi) is 18.9. The van der Waals surface area contributed by atoms with E-state index in [0.29, 0.717) is 0 Å². The quantitative estimate of drug-likeness (QED) is 0.530. The predicted octanol–water partition coefficient (Wildman–Crippen LogP) is 3.26. The average molecular weight is 262 g/mol. The van der Waals surface area contributed by atoms with Crippen LogP contribution in [0.2, 0.25) is 0 Å². The van der Waals surface area contributed by atoms with E-state index in [2.05, 4.69) is 6.92 Å². The molecule has 18 heavy (non-hydrogen) atoms. The summed E-state index contributed by atoms with van der Waals surface area (Å²) < 4.78 is 0. The van der Waals surface area contributed by atoms with Crippen molar-refractivity contribution >= 4 is 0 Å². The van der Waals surface area contributed by atoms with Gasteiger partial charge < -0.3 is 15.3 Å².